The summed E-state index contributed by atoms with van der Waals surface area (Å²) in [5.74, 6) is 0.889. The Bertz CT molecular complexity index is 568. The van der Waals surface area contributed by atoms with E-state index in [0.29, 0.717) is 0 Å². The standard InChI is InChI=1S/C18H22ClNO/c1-4-15-9-11-18(12-10-15)21-14(3)20(5-2)17-8-6-7-16(19)13-17/h6-14H,4-5H2,1-3H3. The van der Waals surface area contributed by atoms with Gasteiger partial charge in [0.2, 0.25) is 0 Å². The van der Waals surface area contributed by atoms with E-state index in [-0.39, 0.29) is 6.23 Å². The van der Waals surface area contributed by atoms with Crippen LogP contribution >= 0.6 is 11.6 Å². The number of hydrogen-bond acceptors (Lipinski definition) is 2. The molecule has 3 heteroatoms. The molecule has 0 aliphatic heterocycles. The number of anilines is 1. The van der Waals surface area contributed by atoms with Crippen LogP contribution in [0.3, 0.4) is 0 Å². The minimum atomic E-state index is -0.0547. The van der Waals surface area contributed by atoms with Gasteiger partial charge in [-0.15, -0.1) is 0 Å². The quantitative estimate of drug-likeness (QED) is 0.684. The van der Waals surface area contributed by atoms with Crippen LogP contribution in [0, 0.1) is 0 Å². The van der Waals surface area contributed by atoms with Gasteiger partial charge in [0.05, 0.1) is 0 Å². The molecule has 0 spiro atoms. The van der Waals surface area contributed by atoms with Crippen LogP contribution in [0.4, 0.5) is 5.69 Å². The molecule has 0 N–H and O–H groups in total. The molecule has 2 nitrogen and oxygen atoms in total. The van der Waals surface area contributed by atoms with Crippen molar-refractivity contribution in [3.63, 3.8) is 0 Å². The van der Waals surface area contributed by atoms with Crippen molar-refractivity contribution in [3.8, 4) is 5.75 Å². The van der Waals surface area contributed by atoms with E-state index in [1.165, 1.54) is 5.56 Å². The van der Waals surface area contributed by atoms with Crippen LogP contribution in [0.5, 0.6) is 5.75 Å². The molecule has 0 radical (unpaired) electrons. The molecule has 2 rings (SSSR count). The molecular weight excluding hydrogens is 282 g/mol. The van der Waals surface area contributed by atoms with Crippen LogP contribution in [-0.4, -0.2) is 12.8 Å². The average molecular weight is 304 g/mol. The molecule has 0 amide bonds. The molecule has 1 unspecified atom stereocenters. The number of ether oxygens (including phenoxy) is 1. The maximum atomic E-state index is 6.08. The zero-order valence-electron chi connectivity index (χ0n) is 12.8. The summed E-state index contributed by atoms with van der Waals surface area (Å²) in [4.78, 5) is 2.18. The summed E-state index contributed by atoms with van der Waals surface area (Å²) in [6, 6.07) is 16.1. The molecule has 2 aromatic carbocycles. The molecule has 2 aromatic rings. The zero-order valence-corrected chi connectivity index (χ0v) is 13.6. The predicted molar refractivity (Wildman–Crippen MR) is 90.4 cm³/mol. The van der Waals surface area contributed by atoms with Gasteiger partial charge in [0.15, 0.2) is 6.23 Å². The van der Waals surface area contributed by atoms with Crippen molar-refractivity contribution in [3.05, 3.63) is 59.1 Å². The lowest BCUT2D eigenvalue weighted by Gasteiger charge is -2.30. The van der Waals surface area contributed by atoms with Crippen molar-refractivity contribution in [1.82, 2.24) is 0 Å². The van der Waals surface area contributed by atoms with Crippen LogP contribution in [0.2, 0.25) is 5.02 Å². The Balaban J connectivity index is 2.10. The molecule has 0 heterocycles. The highest BCUT2D eigenvalue weighted by Gasteiger charge is 2.14. The number of aryl methyl sites for hydroxylation is 1. The van der Waals surface area contributed by atoms with E-state index in [1.54, 1.807) is 0 Å². The second kappa shape index (κ2) is 7.37. The first-order valence-electron chi connectivity index (χ1n) is 7.41. The van der Waals surface area contributed by atoms with E-state index in [4.69, 9.17) is 16.3 Å². The third-order valence-electron chi connectivity index (χ3n) is 3.56. The Hall–Kier alpha value is -1.67. The third kappa shape index (κ3) is 4.15. The lowest BCUT2D eigenvalue weighted by Crippen LogP contribution is -2.37. The highest BCUT2D eigenvalue weighted by atomic mass is 35.5. The Kier molecular flexibility index (Phi) is 5.51. The number of rotatable bonds is 6. The molecule has 0 aliphatic rings. The van der Waals surface area contributed by atoms with Crippen molar-refractivity contribution < 1.29 is 4.74 Å². The Morgan fingerprint density at radius 3 is 2.38 bits per heavy atom. The minimum absolute atomic E-state index is 0.0547. The van der Waals surface area contributed by atoms with Gasteiger partial charge in [0.25, 0.3) is 0 Å². The molecular formula is C18H22ClNO. The predicted octanol–water partition coefficient (Wildman–Crippen LogP) is 5.15. The number of benzene rings is 2. The normalized spacial score (nSPS) is 12.0. The van der Waals surface area contributed by atoms with E-state index in [9.17, 15) is 0 Å². The summed E-state index contributed by atoms with van der Waals surface area (Å²) < 4.78 is 6.04. The van der Waals surface area contributed by atoms with Gasteiger partial charge in [-0.25, -0.2) is 0 Å². The van der Waals surface area contributed by atoms with E-state index >= 15 is 0 Å². The van der Waals surface area contributed by atoms with E-state index in [1.807, 2.05) is 30.3 Å². The van der Waals surface area contributed by atoms with Crippen molar-refractivity contribution in [2.75, 3.05) is 11.4 Å². The number of hydrogen-bond donors (Lipinski definition) is 0. The molecule has 0 aromatic heterocycles. The van der Waals surface area contributed by atoms with Gasteiger partial charge < -0.3 is 9.64 Å². The van der Waals surface area contributed by atoms with Crippen molar-refractivity contribution >= 4 is 17.3 Å². The van der Waals surface area contributed by atoms with Gasteiger partial charge in [-0.1, -0.05) is 36.7 Å². The zero-order chi connectivity index (χ0) is 15.2. The fraction of sp³-hybridized carbons (Fsp3) is 0.333. The van der Waals surface area contributed by atoms with Crippen LogP contribution in [0.15, 0.2) is 48.5 Å². The van der Waals surface area contributed by atoms with Gasteiger partial charge >= 0.3 is 0 Å². The Morgan fingerprint density at radius 1 is 1.10 bits per heavy atom. The smallest absolute Gasteiger partial charge is 0.169 e. The van der Waals surface area contributed by atoms with Gasteiger partial charge in [-0.3, -0.25) is 0 Å². The van der Waals surface area contributed by atoms with E-state index < -0.39 is 0 Å². The van der Waals surface area contributed by atoms with Crippen LogP contribution in [-0.2, 0) is 6.42 Å². The summed E-state index contributed by atoms with van der Waals surface area (Å²) in [6.07, 6.45) is 0.986. The highest BCUT2D eigenvalue weighted by Crippen LogP contribution is 2.23. The summed E-state index contributed by atoms with van der Waals surface area (Å²) in [6.45, 7) is 7.17. The monoisotopic (exact) mass is 303 g/mol. The van der Waals surface area contributed by atoms with Crippen molar-refractivity contribution in [2.24, 2.45) is 0 Å². The molecule has 0 saturated carbocycles. The second-order valence-electron chi connectivity index (χ2n) is 4.98. The molecule has 0 aliphatic carbocycles. The maximum Gasteiger partial charge on any atom is 0.169 e. The summed E-state index contributed by atoms with van der Waals surface area (Å²) in [5, 5.41) is 0.741. The molecule has 21 heavy (non-hydrogen) atoms. The first kappa shape index (κ1) is 15.7. The fourth-order valence-electron chi connectivity index (χ4n) is 2.37. The topological polar surface area (TPSA) is 12.5 Å². The van der Waals surface area contributed by atoms with Crippen LogP contribution in [0.1, 0.15) is 26.3 Å². The Labute approximate surface area is 132 Å². The average Bonchev–Trinajstić information content (AvgIpc) is 2.49. The molecule has 0 saturated heterocycles. The van der Waals surface area contributed by atoms with Gasteiger partial charge in [0.1, 0.15) is 5.75 Å². The maximum absolute atomic E-state index is 6.08. The van der Waals surface area contributed by atoms with Crippen molar-refractivity contribution in [1.29, 1.82) is 0 Å². The summed E-state index contributed by atoms with van der Waals surface area (Å²) in [5.41, 5.74) is 2.39. The third-order valence-corrected chi connectivity index (χ3v) is 3.79. The van der Waals surface area contributed by atoms with Gasteiger partial charge in [-0.2, -0.15) is 0 Å². The minimum Gasteiger partial charge on any atom is -0.471 e. The van der Waals surface area contributed by atoms with Gasteiger partial charge in [0, 0.05) is 17.3 Å². The molecule has 0 bridgehead atoms. The van der Waals surface area contributed by atoms with Crippen LogP contribution in [0.25, 0.3) is 0 Å². The highest BCUT2D eigenvalue weighted by molar-refractivity contribution is 6.30. The molecule has 0 fully saturated rings. The second-order valence-corrected chi connectivity index (χ2v) is 5.42. The summed E-state index contributed by atoms with van der Waals surface area (Å²) in [7, 11) is 0. The lowest BCUT2D eigenvalue weighted by molar-refractivity contribution is 0.216. The van der Waals surface area contributed by atoms with Crippen molar-refractivity contribution in [2.45, 2.75) is 33.4 Å². The fourth-order valence-corrected chi connectivity index (χ4v) is 2.55. The molecule has 112 valence electrons. The summed E-state index contributed by atoms with van der Waals surface area (Å²) >= 11 is 6.08. The molecule has 1 atom stereocenters. The number of nitrogens with zero attached hydrogens (tertiary/aromatic N) is 1. The van der Waals surface area contributed by atoms with E-state index in [2.05, 4.69) is 43.9 Å². The first-order valence-corrected chi connectivity index (χ1v) is 7.79. The lowest BCUT2D eigenvalue weighted by atomic mass is 10.2. The number of halogens is 1. The largest absolute Gasteiger partial charge is 0.471 e. The van der Waals surface area contributed by atoms with E-state index in [0.717, 1.165) is 29.4 Å². The Morgan fingerprint density at radius 2 is 1.81 bits per heavy atom. The first-order chi connectivity index (χ1) is 10.1. The SMILES string of the molecule is CCc1ccc(OC(C)N(CC)c2cccc(Cl)c2)cc1. The van der Waals surface area contributed by atoms with Crippen LogP contribution < -0.4 is 9.64 Å². The van der Waals surface area contributed by atoms with Gasteiger partial charge in [-0.05, 0) is 56.2 Å².